The Morgan fingerprint density at radius 2 is 1.61 bits per heavy atom. The molecule has 188 valence electrons. The van der Waals surface area contributed by atoms with Crippen molar-refractivity contribution in [2.24, 2.45) is 0 Å². The normalized spacial score (nSPS) is 14.3. The van der Waals surface area contributed by atoms with E-state index in [-0.39, 0.29) is 31.0 Å². The van der Waals surface area contributed by atoms with Gasteiger partial charge >= 0.3 is 0 Å². The lowest BCUT2D eigenvalue weighted by molar-refractivity contribution is -0.143. The third-order valence-electron chi connectivity index (χ3n) is 6.43. The van der Waals surface area contributed by atoms with Gasteiger partial charge in [-0.1, -0.05) is 95.0 Å². The predicted molar refractivity (Wildman–Crippen MR) is 146 cm³/mol. The molecule has 1 N–H and O–H groups in total. The standard InChI is InChI=1S/C29H30BrClN2O3/c30-23-16-14-22(15-17-23)19-33(28(34)20-36-27-13-7-6-12-25(27)31)26(18-21-8-2-1-3-9-21)29(35)32-24-10-4-5-11-24/h1-3,6-9,12-17,24,26H,4-5,10-11,18-20H2,(H,32,35)/t26-/m0/s1. The molecule has 7 heteroatoms. The van der Waals surface area contributed by atoms with E-state index in [0.717, 1.165) is 41.3 Å². The zero-order valence-corrected chi connectivity index (χ0v) is 22.4. The molecule has 5 nitrogen and oxygen atoms in total. The van der Waals surface area contributed by atoms with Crippen LogP contribution in [0.5, 0.6) is 5.75 Å². The molecule has 4 rings (SSSR count). The summed E-state index contributed by atoms with van der Waals surface area (Å²) in [5.41, 5.74) is 1.92. The zero-order valence-electron chi connectivity index (χ0n) is 20.0. The average Bonchev–Trinajstić information content (AvgIpc) is 3.40. The van der Waals surface area contributed by atoms with Crippen molar-refractivity contribution in [1.82, 2.24) is 10.2 Å². The number of rotatable bonds is 10. The van der Waals surface area contributed by atoms with Gasteiger partial charge in [-0.05, 0) is 48.2 Å². The van der Waals surface area contributed by atoms with Gasteiger partial charge in [0.25, 0.3) is 5.91 Å². The summed E-state index contributed by atoms with van der Waals surface area (Å²) in [6.07, 6.45) is 4.58. The van der Waals surface area contributed by atoms with Gasteiger partial charge in [-0.15, -0.1) is 0 Å². The highest BCUT2D eigenvalue weighted by Crippen LogP contribution is 2.24. The van der Waals surface area contributed by atoms with Crippen molar-refractivity contribution in [1.29, 1.82) is 0 Å². The second kappa shape index (κ2) is 12.9. The van der Waals surface area contributed by atoms with Crippen molar-refractivity contribution in [3.8, 4) is 5.75 Å². The highest BCUT2D eigenvalue weighted by Gasteiger charge is 2.32. The molecule has 1 fully saturated rings. The van der Waals surface area contributed by atoms with E-state index in [0.29, 0.717) is 17.2 Å². The number of carbonyl (C=O) groups is 2. The van der Waals surface area contributed by atoms with Gasteiger partial charge in [0.05, 0.1) is 5.02 Å². The lowest BCUT2D eigenvalue weighted by Crippen LogP contribution is -2.53. The molecule has 3 aromatic carbocycles. The molecule has 0 aliphatic heterocycles. The summed E-state index contributed by atoms with van der Waals surface area (Å²) in [6.45, 7) is 0.0653. The van der Waals surface area contributed by atoms with Crippen molar-refractivity contribution in [3.63, 3.8) is 0 Å². The number of carbonyl (C=O) groups excluding carboxylic acids is 2. The minimum Gasteiger partial charge on any atom is -0.482 e. The maximum absolute atomic E-state index is 13.6. The smallest absolute Gasteiger partial charge is 0.261 e. The van der Waals surface area contributed by atoms with E-state index in [1.807, 2.05) is 54.6 Å². The van der Waals surface area contributed by atoms with Crippen LogP contribution in [0.1, 0.15) is 36.8 Å². The number of ether oxygens (including phenoxy) is 1. The molecule has 36 heavy (non-hydrogen) atoms. The van der Waals surface area contributed by atoms with Crippen LogP contribution in [0.15, 0.2) is 83.3 Å². The zero-order chi connectivity index (χ0) is 25.3. The molecule has 0 heterocycles. The summed E-state index contributed by atoms with van der Waals surface area (Å²) in [4.78, 5) is 28.9. The first-order valence-electron chi connectivity index (χ1n) is 12.2. The molecule has 1 saturated carbocycles. The summed E-state index contributed by atoms with van der Waals surface area (Å²) in [7, 11) is 0. The molecule has 0 unspecified atom stereocenters. The van der Waals surface area contributed by atoms with Crippen LogP contribution < -0.4 is 10.1 Å². The van der Waals surface area contributed by atoms with E-state index >= 15 is 0 Å². The van der Waals surface area contributed by atoms with Gasteiger partial charge in [-0.25, -0.2) is 0 Å². The molecular weight excluding hydrogens is 540 g/mol. The van der Waals surface area contributed by atoms with Crippen LogP contribution >= 0.6 is 27.5 Å². The molecule has 1 aliphatic carbocycles. The van der Waals surface area contributed by atoms with Gasteiger partial charge in [-0.3, -0.25) is 9.59 Å². The molecule has 0 saturated heterocycles. The maximum atomic E-state index is 13.6. The number of benzene rings is 3. The second-order valence-corrected chi connectivity index (χ2v) is 10.4. The lowest BCUT2D eigenvalue weighted by atomic mass is 10.0. The Bertz CT molecular complexity index is 1150. The van der Waals surface area contributed by atoms with E-state index in [1.165, 1.54) is 0 Å². The summed E-state index contributed by atoms with van der Waals surface area (Å²) < 4.78 is 6.74. The van der Waals surface area contributed by atoms with Crippen LogP contribution in [0.25, 0.3) is 0 Å². The molecule has 3 aromatic rings. The number of nitrogens with one attached hydrogen (secondary N) is 1. The average molecular weight is 570 g/mol. The van der Waals surface area contributed by atoms with Crippen molar-refractivity contribution < 1.29 is 14.3 Å². The number of halogens is 2. The Kier molecular flexibility index (Phi) is 9.42. The first kappa shape index (κ1) is 26.2. The number of nitrogens with zero attached hydrogens (tertiary/aromatic N) is 1. The Labute approximate surface area is 225 Å². The highest BCUT2D eigenvalue weighted by atomic mass is 79.9. The van der Waals surface area contributed by atoms with Gasteiger partial charge in [-0.2, -0.15) is 0 Å². The van der Waals surface area contributed by atoms with Crippen LogP contribution in [0, 0.1) is 0 Å². The minimum absolute atomic E-state index is 0.131. The fourth-order valence-corrected chi connectivity index (χ4v) is 4.95. The van der Waals surface area contributed by atoms with Crippen LogP contribution in [0.3, 0.4) is 0 Å². The quantitative estimate of drug-likeness (QED) is 0.317. The fourth-order valence-electron chi connectivity index (χ4n) is 4.49. The van der Waals surface area contributed by atoms with Crippen molar-refractivity contribution in [2.45, 2.75) is 50.7 Å². The SMILES string of the molecule is O=C(NC1CCCC1)[C@H](Cc1ccccc1)N(Cc1ccc(Br)cc1)C(=O)COc1ccccc1Cl. The molecular formula is C29H30BrClN2O3. The van der Waals surface area contributed by atoms with Crippen LogP contribution in [-0.2, 0) is 22.6 Å². The van der Waals surface area contributed by atoms with E-state index in [2.05, 4.69) is 21.2 Å². The van der Waals surface area contributed by atoms with Gasteiger partial charge < -0.3 is 15.0 Å². The molecule has 0 radical (unpaired) electrons. The minimum atomic E-state index is -0.681. The second-order valence-electron chi connectivity index (χ2n) is 9.06. The van der Waals surface area contributed by atoms with Crippen LogP contribution in [-0.4, -0.2) is 35.4 Å². The van der Waals surface area contributed by atoms with Crippen molar-refractivity contribution in [2.75, 3.05) is 6.61 Å². The highest BCUT2D eigenvalue weighted by molar-refractivity contribution is 9.10. The summed E-state index contributed by atoms with van der Waals surface area (Å²) >= 11 is 9.70. The molecule has 0 bridgehead atoms. The first-order chi connectivity index (χ1) is 17.5. The Balaban J connectivity index is 1.61. The largest absolute Gasteiger partial charge is 0.482 e. The topological polar surface area (TPSA) is 58.6 Å². The van der Waals surface area contributed by atoms with Crippen LogP contribution in [0.4, 0.5) is 0 Å². The monoisotopic (exact) mass is 568 g/mol. The lowest BCUT2D eigenvalue weighted by Gasteiger charge is -2.32. The summed E-state index contributed by atoms with van der Waals surface area (Å²) in [5, 5.41) is 3.64. The van der Waals surface area contributed by atoms with E-state index in [1.54, 1.807) is 29.2 Å². The van der Waals surface area contributed by atoms with Crippen molar-refractivity contribution >= 4 is 39.3 Å². The third-order valence-corrected chi connectivity index (χ3v) is 7.27. The summed E-state index contributed by atoms with van der Waals surface area (Å²) in [5.74, 6) is 0.0282. The van der Waals surface area contributed by atoms with Gasteiger partial charge in [0.2, 0.25) is 5.91 Å². The van der Waals surface area contributed by atoms with Gasteiger partial charge in [0, 0.05) is 23.5 Å². The van der Waals surface area contributed by atoms with Crippen LogP contribution in [0.2, 0.25) is 5.02 Å². The Morgan fingerprint density at radius 3 is 2.31 bits per heavy atom. The maximum Gasteiger partial charge on any atom is 0.261 e. The van der Waals surface area contributed by atoms with Gasteiger partial charge in [0.1, 0.15) is 11.8 Å². The summed E-state index contributed by atoms with van der Waals surface area (Å²) in [6, 6.07) is 24.1. The number of hydrogen-bond donors (Lipinski definition) is 1. The number of para-hydroxylation sites is 1. The molecule has 2 amide bonds. The third kappa shape index (κ3) is 7.34. The Morgan fingerprint density at radius 1 is 0.944 bits per heavy atom. The van der Waals surface area contributed by atoms with E-state index in [4.69, 9.17) is 16.3 Å². The molecule has 1 atom stereocenters. The van der Waals surface area contributed by atoms with E-state index < -0.39 is 6.04 Å². The number of amides is 2. The molecule has 1 aliphatic rings. The predicted octanol–water partition coefficient (Wildman–Crippen LogP) is 6.18. The Hall–Kier alpha value is -2.83. The number of hydrogen-bond acceptors (Lipinski definition) is 3. The van der Waals surface area contributed by atoms with E-state index in [9.17, 15) is 9.59 Å². The first-order valence-corrected chi connectivity index (χ1v) is 13.4. The van der Waals surface area contributed by atoms with Gasteiger partial charge in [0.15, 0.2) is 6.61 Å². The molecule has 0 aromatic heterocycles. The fraction of sp³-hybridized carbons (Fsp3) is 0.310. The van der Waals surface area contributed by atoms with Crippen molar-refractivity contribution in [3.05, 3.63) is 99.5 Å². The molecule has 0 spiro atoms.